The summed E-state index contributed by atoms with van der Waals surface area (Å²) in [4.78, 5) is 28.8. The normalized spacial score (nSPS) is 13.2. The molecule has 2 aromatic rings. The van der Waals surface area contributed by atoms with Gasteiger partial charge in [-0.2, -0.15) is 0 Å². The third kappa shape index (κ3) is 4.33. The second-order valence-electron chi connectivity index (χ2n) is 5.50. The first kappa shape index (κ1) is 18.4. The second kappa shape index (κ2) is 8.26. The second-order valence-corrected chi connectivity index (χ2v) is 6.79. The Bertz CT molecular complexity index is 715. The van der Waals surface area contributed by atoms with Gasteiger partial charge in [-0.25, -0.2) is 4.98 Å². The predicted octanol–water partition coefficient (Wildman–Crippen LogP) is 3.35. The van der Waals surface area contributed by atoms with Crippen LogP contribution in [0.25, 0.3) is 10.6 Å². The van der Waals surface area contributed by atoms with Crippen LogP contribution in [0.4, 0.5) is 0 Å². The average molecular weight is 366 g/mol. The van der Waals surface area contributed by atoms with E-state index in [2.05, 4.69) is 15.6 Å². The van der Waals surface area contributed by atoms with E-state index in [1.807, 2.05) is 26.0 Å². The zero-order chi connectivity index (χ0) is 17.7. The highest BCUT2D eigenvalue weighted by atomic mass is 35.5. The van der Waals surface area contributed by atoms with Gasteiger partial charge >= 0.3 is 0 Å². The summed E-state index contributed by atoms with van der Waals surface area (Å²) in [6.45, 7) is 3.91. The highest BCUT2D eigenvalue weighted by Gasteiger charge is 2.26. The minimum atomic E-state index is -0.576. The van der Waals surface area contributed by atoms with E-state index in [1.54, 1.807) is 24.6 Å². The van der Waals surface area contributed by atoms with Crippen LogP contribution in [0.2, 0.25) is 5.02 Å². The number of nitrogens with zero attached hydrogens (tertiary/aromatic N) is 1. The monoisotopic (exact) mass is 365 g/mol. The third-order valence-electron chi connectivity index (χ3n) is 3.86. The molecule has 1 aromatic carbocycles. The maximum atomic E-state index is 12.4. The molecular weight excluding hydrogens is 346 g/mol. The minimum absolute atomic E-state index is 0.0308. The Morgan fingerprint density at radius 2 is 1.96 bits per heavy atom. The number of benzene rings is 1. The molecule has 0 bridgehead atoms. The topological polar surface area (TPSA) is 71.1 Å². The third-order valence-corrected chi connectivity index (χ3v) is 5.00. The lowest BCUT2D eigenvalue weighted by molar-refractivity contribution is -0.123. The van der Waals surface area contributed by atoms with Crippen LogP contribution in [0.1, 0.15) is 30.8 Å². The molecule has 5 nitrogen and oxygen atoms in total. The average Bonchev–Trinajstić information content (AvgIpc) is 3.09. The SMILES string of the molecule is CC[C@H](C)[C@H](NC(=O)c1csc(-c2ccc(Cl)cc2)n1)C(=O)NC. The van der Waals surface area contributed by atoms with Crippen molar-refractivity contribution in [2.24, 2.45) is 5.92 Å². The molecule has 2 rings (SSSR count). The number of likely N-dealkylation sites (N-methyl/N-ethyl adjacent to an activating group) is 1. The van der Waals surface area contributed by atoms with Crippen LogP contribution in [0.3, 0.4) is 0 Å². The summed E-state index contributed by atoms with van der Waals surface area (Å²) in [6, 6.07) is 6.70. The van der Waals surface area contributed by atoms with E-state index in [4.69, 9.17) is 11.6 Å². The minimum Gasteiger partial charge on any atom is -0.357 e. The lowest BCUT2D eigenvalue weighted by Gasteiger charge is -2.22. The maximum absolute atomic E-state index is 12.4. The molecule has 2 amide bonds. The summed E-state index contributed by atoms with van der Waals surface area (Å²) in [6.07, 6.45) is 0.783. The predicted molar refractivity (Wildman–Crippen MR) is 97.3 cm³/mol. The molecule has 0 aliphatic rings. The molecular formula is C17H20ClN3O2S. The molecule has 0 aliphatic carbocycles. The number of amides is 2. The van der Waals surface area contributed by atoms with Crippen molar-refractivity contribution in [2.75, 3.05) is 7.05 Å². The molecule has 0 radical (unpaired) electrons. The van der Waals surface area contributed by atoms with Crippen LogP contribution in [0.15, 0.2) is 29.6 Å². The van der Waals surface area contributed by atoms with Crippen molar-refractivity contribution in [3.8, 4) is 10.6 Å². The van der Waals surface area contributed by atoms with Crippen LogP contribution in [-0.4, -0.2) is 29.9 Å². The largest absolute Gasteiger partial charge is 0.357 e. The molecule has 0 aliphatic heterocycles. The van der Waals surface area contributed by atoms with Crippen molar-refractivity contribution >= 4 is 34.8 Å². The summed E-state index contributed by atoms with van der Waals surface area (Å²) in [5.74, 6) is -0.519. The lowest BCUT2D eigenvalue weighted by Crippen LogP contribution is -2.49. The fourth-order valence-corrected chi connectivity index (χ4v) is 3.11. The van der Waals surface area contributed by atoms with Crippen molar-refractivity contribution in [3.63, 3.8) is 0 Å². The Labute approximate surface area is 150 Å². The first-order chi connectivity index (χ1) is 11.5. The zero-order valence-electron chi connectivity index (χ0n) is 13.8. The van der Waals surface area contributed by atoms with Gasteiger partial charge in [-0.3, -0.25) is 9.59 Å². The molecule has 0 spiro atoms. The van der Waals surface area contributed by atoms with Gasteiger partial charge in [0.25, 0.3) is 5.91 Å². The Morgan fingerprint density at radius 1 is 1.29 bits per heavy atom. The number of carbonyl (C=O) groups is 2. The van der Waals surface area contributed by atoms with Crippen LogP contribution < -0.4 is 10.6 Å². The first-order valence-electron chi connectivity index (χ1n) is 7.70. The summed E-state index contributed by atoms with van der Waals surface area (Å²) >= 11 is 7.26. The van der Waals surface area contributed by atoms with E-state index in [1.165, 1.54) is 11.3 Å². The van der Waals surface area contributed by atoms with Gasteiger partial charge in [0.2, 0.25) is 5.91 Å². The van der Waals surface area contributed by atoms with E-state index in [0.29, 0.717) is 10.7 Å². The molecule has 1 aromatic heterocycles. The van der Waals surface area contributed by atoms with Gasteiger partial charge in [-0.05, 0) is 18.1 Å². The quantitative estimate of drug-likeness (QED) is 0.824. The Kier molecular flexibility index (Phi) is 6.34. The van der Waals surface area contributed by atoms with E-state index in [-0.39, 0.29) is 17.7 Å². The molecule has 128 valence electrons. The molecule has 0 unspecified atom stereocenters. The summed E-state index contributed by atoms with van der Waals surface area (Å²) < 4.78 is 0. The number of rotatable bonds is 6. The van der Waals surface area contributed by atoms with Crippen LogP contribution in [0.5, 0.6) is 0 Å². The van der Waals surface area contributed by atoms with Gasteiger partial charge < -0.3 is 10.6 Å². The van der Waals surface area contributed by atoms with Gasteiger partial charge in [0, 0.05) is 23.0 Å². The highest BCUT2D eigenvalue weighted by molar-refractivity contribution is 7.13. The number of carbonyl (C=O) groups excluding carboxylic acids is 2. The van der Waals surface area contributed by atoms with E-state index in [0.717, 1.165) is 17.0 Å². The maximum Gasteiger partial charge on any atom is 0.271 e. The fraction of sp³-hybridized carbons (Fsp3) is 0.353. The first-order valence-corrected chi connectivity index (χ1v) is 8.96. The number of halogens is 1. The van der Waals surface area contributed by atoms with Gasteiger partial charge in [-0.1, -0.05) is 44.0 Å². The lowest BCUT2D eigenvalue weighted by atomic mass is 9.98. The van der Waals surface area contributed by atoms with Crippen LogP contribution in [0, 0.1) is 5.92 Å². The van der Waals surface area contributed by atoms with Crippen molar-refractivity contribution in [1.82, 2.24) is 15.6 Å². The van der Waals surface area contributed by atoms with E-state index in [9.17, 15) is 9.59 Å². The molecule has 7 heteroatoms. The van der Waals surface area contributed by atoms with Crippen molar-refractivity contribution in [3.05, 3.63) is 40.4 Å². The van der Waals surface area contributed by atoms with Crippen molar-refractivity contribution in [2.45, 2.75) is 26.3 Å². The molecule has 24 heavy (non-hydrogen) atoms. The molecule has 0 saturated heterocycles. The Balaban J connectivity index is 2.15. The van der Waals surface area contributed by atoms with Gasteiger partial charge in [0.1, 0.15) is 16.7 Å². The molecule has 2 N–H and O–H groups in total. The molecule has 1 heterocycles. The van der Waals surface area contributed by atoms with Crippen LogP contribution >= 0.6 is 22.9 Å². The Hall–Kier alpha value is -1.92. The summed E-state index contributed by atoms with van der Waals surface area (Å²) in [7, 11) is 1.56. The standard InChI is InChI=1S/C17H20ClN3O2S/c1-4-10(2)14(16(23)19-3)21-15(22)13-9-24-17(20-13)11-5-7-12(18)8-6-11/h5-10,14H,4H2,1-3H3,(H,19,23)(H,21,22)/t10-,14-/m0/s1. The highest BCUT2D eigenvalue weighted by Crippen LogP contribution is 2.25. The van der Waals surface area contributed by atoms with E-state index < -0.39 is 6.04 Å². The number of hydrogen-bond acceptors (Lipinski definition) is 4. The van der Waals surface area contributed by atoms with Crippen molar-refractivity contribution < 1.29 is 9.59 Å². The number of aromatic nitrogens is 1. The van der Waals surface area contributed by atoms with E-state index >= 15 is 0 Å². The number of hydrogen-bond donors (Lipinski definition) is 2. The molecule has 0 fully saturated rings. The van der Waals surface area contributed by atoms with Gasteiger partial charge in [0.05, 0.1) is 0 Å². The zero-order valence-corrected chi connectivity index (χ0v) is 15.4. The van der Waals surface area contributed by atoms with Gasteiger partial charge in [-0.15, -0.1) is 11.3 Å². The summed E-state index contributed by atoms with van der Waals surface area (Å²) in [5.41, 5.74) is 1.20. The molecule has 2 atom stereocenters. The van der Waals surface area contributed by atoms with Gasteiger partial charge in [0.15, 0.2) is 0 Å². The van der Waals surface area contributed by atoms with Crippen LogP contribution in [-0.2, 0) is 4.79 Å². The Morgan fingerprint density at radius 3 is 2.54 bits per heavy atom. The summed E-state index contributed by atoms with van der Waals surface area (Å²) in [5, 5.41) is 8.44. The molecule has 0 saturated carbocycles. The smallest absolute Gasteiger partial charge is 0.271 e. The fourth-order valence-electron chi connectivity index (χ4n) is 2.18. The number of nitrogens with one attached hydrogen (secondary N) is 2. The van der Waals surface area contributed by atoms with Crippen molar-refractivity contribution in [1.29, 1.82) is 0 Å². The number of thiazole rings is 1.